The van der Waals surface area contributed by atoms with Crippen molar-refractivity contribution in [2.45, 2.75) is 25.3 Å². The molecule has 0 saturated heterocycles. The molecule has 1 aromatic heterocycles. The van der Waals surface area contributed by atoms with Gasteiger partial charge in [0.15, 0.2) is 0 Å². The standard InChI is InChI=1S/C16H18N2O2/c1-11(15-7-4-8-20-15)17-10-12-9-16(19)18-14-6-3-2-5-13(12)14/h2-8,11-12,17H,9-10H2,1H3,(H,18,19)/t11-,12+/m1/s1. The fourth-order valence-electron chi connectivity index (χ4n) is 2.64. The van der Waals surface area contributed by atoms with Crippen LogP contribution in [-0.4, -0.2) is 12.5 Å². The van der Waals surface area contributed by atoms with Gasteiger partial charge in [-0.2, -0.15) is 0 Å². The number of fused-ring (bicyclic) bond motifs is 1. The number of amides is 1. The average molecular weight is 270 g/mol. The van der Waals surface area contributed by atoms with Crippen LogP contribution in [0.4, 0.5) is 5.69 Å². The van der Waals surface area contributed by atoms with Crippen molar-refractivity contribution in [3.63, 3.8) is 0 Å². The minimum atomic E-state index is 0.0844. The third-order valence-corrected chi connectivity index (χ3v) is 3.75. The normalized spacial score (nSPS) is 19.2. The molecule has 2 heterocycles. The molecule has 0 radical (unpaired) electrons. The van der Waals surface area contributed by atoms with Gasteiger partial charge < -0.3 is 15.1 Å². The summed E-state index contributed by atoms with van der Waals surface area (Å²) in [4.78, 5) is 11.8. The van der Waals surface area contributed by atoms with Crippen LogP contribution in [0.5, 0.6) is 0 Å². The van der Waals surface area contributed by atoms with Crippen LogP contribution in [0.1, 0.15) is 36.6 Å². The topological polar surface area (TPSA) is 54.3 Å². The predicted octanol–water partition coefficient (Wildman–Crippen LogP) is 3.06. The highest BCUT2D eigenvalue weighted by Gasteiger charge is 2.25. The zero-order valence-electron chi connectivity index (χ0n) is 11.4. The summed E-state index contributed by atoms with van der Waals surface area (Å²) in [5.41, 5.74) is 2.13. The van der Waals surface area contributed by atoms with Crippen LogP contribution in [0.15, 0.2) is 47.1 Å². The maximum Gasteiger partial charge on any atom is 0.225 e. The van der Waals surface area contributed by atoms with E-state index in [4.69, 9.17) is 4.42 Å². The van der Waals surface area contributed by atoms with Crippen molar-refractivity contribution in [2.24, 2.45) is 0 Å². The Labute approximate surface area is 118 Å². The first-order valence-corrected chi connectivity index (χ1v) is 6.89. The molecule has 1 amide bonds. The fourth-order valence-corrected chi connectivity index (χ4v) is 2.64. The molecular formula is C16H18N2O2. The maximum absolute atomic E-state index is 11.8. The van der Waals surface area contributed by atoms with Crippen molar-refractivity contribution in [3.05, 3.63) is 54.0 Å². The van der Waals surface area contributed by atoms with E-state index in [1.807, 2.05) is 30.3 Å². The molecule has 0 bridgehead atoms. The van der Waals surface area contributed by atoms with Gasteiger partial charge in [0.1, 0.15) is 5.76 Å². The lowest BCUT2D eigenvalue weighted by atomic mass is 9.90. The van der Waals surface area contributed by atoms with E-state index < -0.39 is 0 Å². The molecule has 1 aromatic carbocycles. The molecule has 0 unspecified atom stereocenters. The number of carbonyl (C=O) groups is 1. The van der Waals surface area contributed by atoms with Gasteiger partial charge in [0, 0.05) is 24.6 Å². The van der Waals surface area contributed by atoms with Gasteiger partial charge in [0.25, 0.3) is 0 Å². The van der Waals surface area contributed by atoms with Gasteiger partial charge in [-0.25, -0.2) is 0 Å². The molecular weight excluding hydrogens is 252 g/mol. The van der Waals surface area contributed by atoms with Gasteiger partial charge in [0.05, 0.1) is 12.3 Å². The smallest absolute Gasteiger partial charge is 0.225 e. The summed E-state index contributed by atoms with van der Waals surface area (Å²) >= 11 is 0. The van der Waals surface area contributed by atoms with E-state index in [9.17, 15) is 4.79 Å². The molecule has 0 fully saturated rings. The summed E-state index contributed by atoms with van der Waals surface area (Å²) in [6.07, 6.45) is 2.20. The molecule has 0 aliphatic carbocycles. The van der Waals surface area contributed by atoms with Gasteiger partial charge in [-0.1, -0.05) is 18.2 Å². The van der Waals surface area contributed by atoms with Gasteiger partial charge >= 0.3 is 0 Å². The van der Waals surface area contributed by atoms with Gasteiger partial charge in [-0.3, -0.25) is 4.79 Å². The first-order chi connectivity index (χ1) is 9.74. The lowest BCUT2D eigenvalue weighted by molar-refractivity contribution is -0.116. The first kappa shape index (κ1) is 12.9. The lowest BCUT2D eigenvalue weighted by Crippen LogP contribution is -2.31. The van der Waals surface area contributed by atoms with Gasteiger partial charge in [-0.05, 0) is 30.7 Å². The lowest BCUT2D eigenvalue weighted by Gasteiger charge is -2.26. The van der Waals surface area contributed by atoms with E-state index in [2.05, 4.69) is 23.6 Å². The second-order valence-corrected chi connectivity index (χ2v) is 5.18. The highest BCUT2D eigenvalue weighted by Crippen LogP contribution is 2.31. The number of rotatable bonds is 4. The highest BCUT2D eigenvalue weighted by atomic mass is 16.3. The molecule has 2 atom stereocenters. The Morgan fingerprint density at radius 3 is 3.00 bits per heavy atom. The summed E-state index contributed by atoms with van der Waals surface area (Å²) in [5, 5.41) is 6.36. The fraction of sp³-hybridized carbons (Fsp3) is 0.312. The Morgan fingerprint density at radius 2 is 2.20 bits per heavy atom. The molecule has 1 aliphatic rings. The van der Waals surface area contributed by atoms with Crippen LogP contribution in [0.3, 0.4) is 0 Å². The number of furan rings is 1. The number of anilines is 1. The summed E-state index contributed by atoms with van der Waals surface area (Å²) < 4.78 is 5.38. The Hall–Kier alpha value is -2.07. The van der Waals surface area contributed by atoms with E-state index in [-0.39, 0.29) is 17.9 Å². The zero-order valence-corrected chi connectivity index (χ0v) is 11.4. The maximum atomic E-state index is 11.8. The third kappa shape index (κ3) is 2.60. The van der Waals surface area contributed by atoms with Crippen molar-refractivity contribution < 1.29 is 9.21 Å². The molecule has 1 aliphatic heterocycles. The van der Waals surface area contributed by atoms with Crippen LogP contribution in [0, 0.1) is 0 Å². The van der Waals surface area contributed by atoms with Gasteiger partial charge in [0.2, 0.25) is 5.91 Å². The molecule has 0 saturated carbocycles. The quantitative estimate of drug-likeness (QED) is 0.897. The van der Waals surface area contributed by atoms with Crippen molar-refractivity contribution in [2.75, 3.05) is 11.9 Å². The molecule has 104 valence electrons. The summed E-state index contributed by atoms with van der Waals surface area (Å²) in [6.45, 7) is 2.82. The van der Waals surface area contributed by atoms with Crippen LogP contribution < -0.4 is 10.6 Å². The Balaban J connectivity index is 1.70. The largest absolute Gasteiger partial charge is 0.468 e. The van der Waals surface area contributed by atoms with Crippen molar-refractivity contribution in [1.82, 2.24) is 5.32 Å². The SMILES string of the molecule is C[C@@H](NC[C@@H]1CC(=O)Nc2ccccc21)c1ccco1. The number of hydrogen-bond acceptors (Lipinski definition) is 3. The molecule has 4 heteroatoms. The summed E-state index contributed by atoms with van der Waals surface area (Å²) in [5.74, 6) is 1.21. The van der Waals surface area contributed by atoms with Crippen LogP contribution >= 0.6 is 0 Å². The molecule has 2 N–H and O–H groups in total. The number of hydrogen-bond donors (Lipinski definition) is 2. The Bertz CT molecular complexity index is 592. The minimum absolute atomic E-state index is 0.0844. The molecule has 3 rings (SSSR count). The van der Waals surface area contributed by atoms with E-state index in [1.165, 1.54) is 5.56 Å². The summed E-state index contributed by atoms with van der Waals surface area (Å²) in [7, 11) is 0. The van der Waals surface area contributed by atoms with Crippen LogP contribution in [-0.2, 0) is 4.79 Å². The molecule has 20 heavy (non-hydrogen) atoms. The third-order valence-electron chi connectivity index (χ3n) is 3.75. The molecule has 0 spiro atoms. The highest BCUT2D eigenvalue weighted by molar-refractivity contribution is 5.94. The predicted molar refractivity (Wildman–Crippen MR) is 77.6 cm³/mol. The average Bonchev–Trinajstić information content (AvgIpc) is 2.98. The molecule has 4 nitrogen and oxygen atoms in total. The zero-order chi connectivity index (χ0) is 13.9. The van der Waals surface area contributed by atoms with E-state index in [0.29, 0.717) is 6.42 Å². The van der Waals surface area contributed by atoms with Crippen LogP contribution in [0.25, 0.3) is 0 Å². The second-order valence-electron chi connectivity index (χ2n) is 5.18. The van der Waals surface area contributed by atoms with E-state index >= 15 is 0 Å². The monoisotopic (exact) mass is 270 g/mol. The van der Waals surface area contributed by atoms with Gasteiger partial charge in [-0.15, -0.1) is 0 Å². The van der Waals surface area contributed by atoms with Crippen LogP contribution in [0.2, 0.25) is 0 Å². The van der Waals surface area contributed by atoms with Crippen molar-refractivity contribution in [1.29, 1.82) is 0 Å². The van der Waals surface area contributed by atoms with Crippen molar-refractivity contribution in [3.8, 4) is 0 Å². The second kappa shape index (κ2) is 5.51. The molecule has 2 aromatic rings. The summed E-state index contributed by atoms with van der Waals surface area (Å²) in [6, 6.07) is 12.0. The minimum Gasteiger partial charge on any atom is -0.468 e. The number of nitrogens with one attached hydrogen (secondary N) is 2. The first-order valence-electron chi connectivity index (χ1n) is 6.89. The van der Waals surface area contributed by atoms with Crippen molar-refractivity contribution >= 4 is 11.6 Å². The number of benzene rings is 1. The number of para-hydroxylation sites is 1. The van der Waals surface area contributed by atoms with E-state index in [0.717, 1.165) is 18.0 Å². The Kier molecular flexibility index (Phi) is 3.56. The van der Waals surface area contributed by atoms with E-state index in [1.54, 1.807) is 6.26 Å². The Morgan fingerprint density at radius 1 is 1.35 bits per heavy atom. The number of carbonyl (C=O) groups excluding carboxylic acids is 1.